The Balaban J connectivity index is 1.33. The van der Waals surface area contributed by atoms with E-state index < -0.39 is 47.5 Å². The number of hydrogen-bond acceptors (Lipinski definition) is 7. The molecule has 2 bridgehead atoms. The van der Waals surface area contributed by atoms with Gasteiger partial charge >= 0.3 is 5.97 Å². The predicted molar refractivity (Wildman–Crippen MR) is 198 cm³/mol. The molecule has 3 saturated heterocycles. The summed E-state index contributed by atoms with van der Waals surface area (Å²) in [7, 11) is 0. The first-order valence-corrected chi connectivity index (χ1v) is 18.4. The molecule has 0 radical (unpaired) electrons. The van der Waals surface area contributed by atoms with Gasteiger partial charge in [0.15, 0.2) is 0 Å². The Hall–Kier alpha value is -4.32. The Labute approximate surface area is 306 Å². The van der Waals surface area contributed by atoms with Gasteiger partial charge in [-0.1, -0.05) is 88.7 Å². The van der Waals surface area contributed by atoms with E-state index in [-0.39, 0.29) is 49.4 Å². The largest absolute Gasteiger partial charge is 0.463 e. The molecule has 0 aromatic heterocycles. The van der Waals surface area contributed by atoms with Crippen molar-refractivity contribution in [2.24, 2.45) is 11.8 Å². The van der Waals surface area contributed by atoms with Crippen molar-refractivity contribution in [2.75, 3.05) is 31.2 Å². The minimum atomic E-state index is -1.27. The molecule has 0 aliphatic carbocycles. The number of hydrogen-bond donors (Lipinski definition) is 2. The predicted octanol–water partition coefficient (Wildman–Crippen LogP) is 5.25. The van der Waals surface area contributed by atoms with Crippen LogP contribution < -0.4 is 10.2 Å². The fourth-order valence-corrected chi connectivity index (χ4v) is 8.87. The number of carbonyl (C=O) groups is 4. The Kier molecular flexibility index (Phi) is 11.4. The van der Waals surface area contributed by atoms with E-state index in [1.165, 1.54) is 0 Å². The molecular formula is C40H44BrN3O7. The minimum Gasteiger partial charge on any atom is -0.463 e. The van der Waals surface area contributed by atoms with E-state index in [0.717, 1.165) is 16.3 Å². The zero-order valence-electron chi connectivity index (χ0n) is 28.5. The first-order chi connectivity index (χ1) is 24.7. The number of aliphatic hydroxyl groups is 1. The average Bonchev–Trinajstić information content (AvgIpc) is 3.74. The molecule has 3 amide bonds. The van der Waals surface area contributed by atoms with Gasteiger partial charge in [-0.3, -0.25) is 19.2 Å². The quantitative estimate of drug-likeness (QED) is 0.0886. The third-order valence-electron chi connectivity index (χ3n) is 10.2. The highest BCUT2D eigenvalue weighted by Crippen LogP contribution is 2.60. The van der Waals surface area contributed by atoms with Gasteiger partial charge in [0.1, 0.15) is 18.2 Å². The maximum atomic E-state index is 14.9. The molecule has 3 fully saturated rings. The number of alkyl halides is 1. The van der Waals surface area contributed by atoms with Crippen LogP contribution in [0.3, 0.4) is 0 Å². The highest BCUT2D eigenvalue weighted by atomic mass is 79.9. The van der Waals surface area contributed by atoms with Crippen molar-refractivity contribution in [1.82, 2.24) is 10.2 Å². The summed E-state index contributed by atoms with van der Waals surface area (Å²) in [5, 5.41) is 14.6. The van der Waals surface area contributed by atoms with Crippen molar-refractivity contribution in [3.63, 3.8) is 0 Å². The molecule has 3 aromatic carbocycles. The number of nitrogens with one attached hydrogen (secondary N) is 1. The highest BCUT2D eigenvalue weighted by Gasteiger charge is 2.76. The van der Waals surface area contributed by atoms with Crippen molar-refractivity contribution in [1.29, 1.82) is 0 Å². The van der Waals surface area contributed by atoms with Crippen molar-refractivity contribution in [3.05, 3.63) is 104 Å². The van der Waals surface area contributed by atoms with Gasteiger partial charge in [0.25, 0.3) is 5.91 Å². The smallest absolute Gasteiger partial charge is 0.306 e. The summed E-state index contributed by atoms with van der Waals surface area (Å²) in [6.45, 7) is 7.83. The fourth-order valence-electron chi connectivity index (χ4n) is 7.93. The Morgan fingerprint density at radius 3 is 2.53 bits per heavy atom. The topological polar surface area (TPSA) is 125 Å². The standard InChI is InChI=1S/C40H44BrN3O7/c1-3-5-17-32(46)50-25-31(27-14-7-6-8-15-27)42-37(47)33-34-38(48)44(21-11-12-22-45)36(40(34)24-30(41)35(33)51-40)39(49)43(20-4-2)29-19-18-26-13-9-10-16-28(26)23-29/h3-4,6-10,13-16,18-19,23,30-31,33-36,45H,1-2,5,11-12,17,20-22,24-25H2,(H,42,47)/t30?,31-,33+,34-,35+,36+,40-/m1/s1. The van der Waals surface area contributed by atoms with Crippen molar-refractivity contribution < 1.29 is 33.8 Å². The molecule has 3 heterocycles. The average molecular weight is 759 g/mol. The molecule has 3 aliphatic rings. The molecule has 6 rings (SSSR count). The lowest BCUT2D eigenvalue weighted by Gasteiger charge is -2.37. The van der Waals surface area contributed by atoms with Crippen LogP contribution in [0.2, 0.25) is 0 Å². The number of benzene rings is 3. The van der Waals surface area contributed by atoms with Gasteiger partial charge in [-0.2, -0.15) is 0 Å². The molecule has 3 aliphatic heterocycles. The number of aliphatic hydroxyl groups excluding tert-OH is 1. The van der Waals surface area contributed by atoms with Crippen LogP contribution in [0.4, 0.5) is 5.69 Å². The zero-order valence-corrected chi connectivity index (χ0v) is 30.1. The number of allylic oxidation sites excluding steroid dienone is 1. The number of esters is 1. The third kappa shape index (κ3) is 7.11. The van der Waals surface area contributed by atoms with Crippen LogP contribution in [0, 0.1) is 11.8 Å². The first kappa shape index (κ1) is 36.5. The monoisotopic (exact) mass is 757 g/mol. The summed E-state index contributed by atoms with van der Waals surface area (Å²) in [5.74, 6) is -3.30. The number of nitrogens with zero attached hydrogens (tertiary/aromatic N) is 2. The van der Waals surface area contributed by atoms with Gasteiger partial charge in [-0.25, -0.2) is 0 Å². The number of carbonyl (C=O) groups excluding carboxylic acids is 4. The van der Waals surface area contributed by atoms with Crippen molar-refractivity contribution in [2.45, 2.75) is 60.7 Å². The number of unbranched alkanes of at least 4 members (excludes halogenated alkanes) is 1. The first-order valence-electron chi connectivity index (χ1n) is 17.5. The SMILES string of the molecule is C=CCCC(=O)OC[C@@H](NC(=O)[C@@H]1[C@H]2O[C@@]3(CC2Br)[C@H](C(=O)N(CC=C)c2ccc4ccccc4c2)N(CCCCO)C(=O)[C@@H]13)c1ccccc1. The fraction of sp³-hybridized carbons (Fsp3) is 0.400. The number of ether oxygens (including phenoxy) is 2. The van der Waals surface area contributed by atoms with E-state index in [0.29, 0.717) is 31.4 Å². The second-order valence-electron chi connectivity index (χ2n) is 13.4. The maximum absolute atomic E-state index is 14.9. The molecule has 2 N–H and O–H groups in total. The summed E-state index contributed by atoms with van der Waals surface area (Å²) < 4.78 is 12.3. The Morgan fingerprint density at radius 1 is 1.06 bits per heavy atom. The van der Waals surface area contributed by atoms with Crippen LogP contribution in [-0.4, -0.2) is 82.6 Å². The molecule has 0 saturated carbocycles. The number of rotatable bonds is 16. The van der Waals surface area contributed by atoms with Gasteiger partial charge in [-0.05, 0) is 54.2 Å². The molecule has 1 spiro atoms. The van der Waals surface area contributed by atoms with E-state index in [9.17, 15) is 24.3 Å². The molecule has 268 valence electrons. The van der Waals surface area contributed by atoms with Crippen LogP contribution in [0.1, 0.15) is 43.7 Å². The number of amides is 3. The number of fused-ring (bicyclic) bond motifs is 2. The van der Waals surface area contributed by atoms with Crippen LogP contribution >= 0.6 is 15.9 Å². The van der Waals surface area contributed by atoms with Gasteiger partial charge < -0.3 is 29.7 Å². The van der Waals surface area contributed by atoms with Crippen molar-refractivity contribution in [3.8, 4) is 0 Å². The van der Waals surface area contributed by atoms with E-state index in [2.05, 4.69) is 34.4 Å². The van der Waals surface area contributed by atoms with E-state index in [1.807, 2.05) is 72.8 Å². The Bertz CT molecular complexity index is 1790. The summed E-state index contributed by atoms with van der Waals surface area (Å²) >= 11 is 3.75. The van der Waals surface area contributed by atoms with Crippen LogP contribution in [-0.2, 0) is 28.7 Å². The summed E-state index contributed by atoms with van der Waals surface area (Å²) in [4.78, 5) is 59.3. The van der Waals surface area contributed by atoms with Crippen LogP contribution in [0.15, 0.2) is 98.1 Å². The number of halogens is 1. The normalized spacial score (nSPS) is 25.3. The van der Waals surface area contributed by atoms with E-state index >= 15 is 0 Å². The summed E-state index contributed by atoms with van der Waals surface area (Å²) in [6.07, 6.45) is 4.54. The Morgan fingerprint density at radius 2 is 1.80 bits per heavy atom. The third-order valence-corrected chi connectivity index (χ3v) is 11.1. The maximum Gasteiger partial charge on any atom is 0.306 e. The van der Waals surface area contributed by atoms with Crippen molar-refractivity contribution >= 4 is 56.1 Å². The molecule has 51 heavy (non-hydrogen) atoms. The van der Waals surface area contributed by atoms with Crippen LogP contribution in [0.5, 0.6) is 0 Å². The summed E-state index contributed by atoms with van der Waals surface area (Å²) in [6, 6.07) is 21.2. The molecule has 1 unspecified atom stereocenters. The molecule has 11 heteroatoms. The second-order valence-corrected chi connectivity index (χ2v) is 14.6. The molecular weight excluding hydrogens is 714 g/mol. The number of likely N-dealkylation sites (tertiary alicyclic amines) is 1. The van der Waals surface area contributed by atoms with Gasteiger partial charge in [-0.15, -0.1) is 13.2 Å². The van der Waals surface area contributed by atoms with Gasteiger partial charge in [0.2, 0.25) is 11.8 Å². The number of anilines is 1. The van der Waals surface area contributed by atoms with E-state index in [1.54, 1.807) is 22.0 Å². The van der Waals surface area contributed by atoms with Crippen LogP contribution in [0.25, 0.3) is 10.8 Å². The zero-order chi connectivity index (χ0) is 36.1. The molecule has 3 aromatic rings. The van der Waals surface area contributed by atoms with E-state index in [4.69, 9.17) is 9.47 Å². The summed E-state index contributed by atoms with van der Waals surface area (Å²) in [5.41, 5.74) is 0.124. The van der Waals surface area contributed by atoms with Gasteiger partial charge in [0, 0.05) is 36.6 Å². The lowest BCUT2D eigenvalue weighted by Crippen LogP contribution is -2.57. The lowest BCUT2D eigenvalue weighted by molar-refractivity contribution is -0.145. The van der Waals surface area contributed by atoms with Gasteiger partial charge in [0.05, 0.1) is 24.0 Å². The second kappa shape index (κ2) is 15.9. The minimum absolute atomic E-state index is 0.0546. The molecule has 7 atom stereocenters. The lowest BCUT2D eigenvalue weighted by atomic mass is 9.70. The highest BCUT2D eigenvalue weighted by molar-refractivity contribution is 9.09. The molecule has 10 nitrogen and oxygen atoms in total.